The standard InChI is InChI=1S/C11H22N2O4/c1-9(2)17-8-4-7-13-11(16)12-6-3-5-10(14)15/h9H,3-8H2,1-2H3,(H,14,15)(H2,12,13,16). The lowest BCUT2D eigenvalue weighted by molar-refractivity contribution is -0.137. The summed E-state index contributed by atoms with van der Waals surface area (Å²) in [4.78, 5) is 21.4. The molecular formula is C11H22N2O4. The number of ether oxygens (including phenoxy) is 1. The van der Waals surface area contributed by atoms with Gasteiger partial charge in [-0.1, -0.05) is 0 Å². The maximum atomic E-state index is 11.2. The molecule has 0 aliphatic carbocycles. The highest BCUT2D eigenvalue weighted by molar-refractivity contribution is 5.73. The molecule has 0 aromatic carbocycles. The van der Waals surface area contributed by atoms with Crippen LogP contribution in [-0.4, -0.2) is 42.9 Å². The molecule has 0 saturated carbocycles. The van der Waals surface area contributed by atoms with E-state index in [-0.39, 0.29) is 18.6 Å². The van der Waals surface area contributed by atoms with E-state index in [0.717, 1.165) is 6.42 Å². The van der Waals surface area contributed by atoms with E-state index >= 15 is 0 Å². The summed E-state index contributed by atoms with van der Waals surface area (Å²) in [6, 6.07) is -0.264. The van der Waals surface area contributed by atoms with Crippen molar-refractivity contribution < 1.29 is 19.4 Å². The van der Waals surface area contributed by atoms with Crippen molar-refractivity contribution in [2.75, 3.05) is 19.7 Å². The fourth-order valence-corrected chi connectivity index (χ4v) is 1.10. The van der Waals surface area contributed by atoms with Gasteiger partial charge in [0, 0.05) is 26.1 Å². The van der Waals surface area contributed by atoms with Crippen molar-refractivity contribution in [2.45, 2.75) is 39.2 Å². The molecule has 100 valence electrons. The Morgan fingerprint density at radius 3 is 2.29 bits per heavy atom. The van der Waals surface area contributed by atoms with Gasteiger partial charge < -0.3 is 20.5 Å². The number of amides is 2. The Balaban J connectivity index is 3.26. The number of carboxylic acid groups (broad SMARTS) is 1. The lowest BCUT2D eigenvalue weighted by atomic mass is 10.3. The summed E-state index contributed by atoms with van der Waals surface area (Å²) >= 11 is 0. The smallest absolute Gasteiger partial charge is 0.314 e. The van der Waals surface area contributed by atoms with Gasteiger partial charge >= 0.3 is 12.0 Å². The lowest BCUT2D eigenvalue weighted by Gasteiger charge is -2.09. The zero-order valence-electron chi connectivity index (χ0n) is 10.5. The van der Waals surface area contributed by atoms with Crippen molar-refractivity contribution in [3.8, 4) is 0 Å². The summed E-state index contributed by atoms with van der Waals surface area (Å²) in [6.45, 7) is 5.47. The van der Waals surface area contributed by atoms with E-state index < -0.39 is 5.97 Å². The van der Waals surface area contributed by atoms with Crippen LogP contribution in [0.25, 0.3) is 0 Å². The number of carbonyl (C=O) groups excluding carboxylic acids is 1. The molecule has 0 atom stereocenters. The first-order valence-electron chi connectivity index (χ1n) is 5.87. The van der Waals surface area contributed by atoms with Crippen LogP contribution in [0.4, 0.5) is 4.79 Å². The van der Waals surface area contributed by atoms with Crippen molar-refractivity contribution in [3.05, 3.63) is 0 Å². The van der Waals surface area contributed by atoms with Crippen LogP contribution in [-0.2, 0) is 9.53 Å². The molecule has 0 unspecified atom stereocenters. The summed E-state index contributed by atoms with van der Waals surface area (Å²) in [7, 11) is 0. The summed E-state index contributed by atoms with van der Waals surface area (Å²) in [5.74, 6) is -0.849. The zero-order valence-corrected chi connectivity index (χ0v) is 10.5. The topological polar surface area (TPSA) is 87.7 Å². The number of hydrogen-bond acceptors (Lipinski definition) is 3. The fourth-order valence-electron chi connectivity index (χ4n) is 1.10. The van der Waals surface area contributed by atoms with Crippen molar-refractivity contribution in [3.63, 3.8) is 0 Å². The van der Waals surface area contributed by atoms with E-state index in [1.807, 2.05) is 13.8 Å². The van der Waals surface area contributed by atoms with Gasteiger partial charge in [0.15, 0.2) is 0 Å². The third kappa shape index (κ3) is 12.6. The molecule has 0 radical (unpaired) electrons. The Kier molecular flexibility index (Phi) is 9.14. The molecule has 0 fully saturated rings. The Bertz CT molecular complexity index is 232. The van der Waals surface area contributed by atoms with Crippen LogP contribution in [0.15, 0.2) is 0 Å². The van der Waals surface area contributed by atoms with Crippen LogP contribution in [0, 0.1) is 0 Å². The number of carbonyl (C=O) groups is 2. The van der Waals surface area contributed by atoms with Crippen molar-refractivity contribution in [1.82, 2.24) is 10.6 Å². The van der Waals surface area contributed by atoms with E-state index in [1.165, 1.54) is 0 Å². The number of carboxylic acids is 1. The molecule has 0 spiro atoms. The third-order valence-corrected chi connectivity index (χ3v) is 1.91. The predicted molar refractivity (Wildman–Crippen MR) is 64.0 cm³/mol. The maximum absolute atomic E-state index is 11.2. The van der Waals surface area contributed by atoms with Gasteiger partial charge in [-0.15, -0.1) is 0 Å². The molecule has 0 rings (SSSR count). The van der Waals surface area contributed by atoms with E-state index in [9.17, 15) is 9.59 Å². The van der Waals surface area contributed by atoms with Gasteiger partial charge in [-0.05, 0) is 26.7 Å². The molecule has 0 bridgehead atoms. The summed E-state index contributed by atoms with van der Waals surface area (Å²) in [5, 5.41) is 13.6. The van der Waals surface area contributed by atoms with Crippen LogP contribution in [0.2, 0.25) is 0 Å². The second-order valence-corrected chi connectivity index (χ2v) is 3.95. The molecule has 0 heterocycles. The first kappa shape index (κ1) is 15.7. The normalized spacial score (nSPS) is 10.3. The van der Waals surface area contributed by atoms with Gasteiger partial charge in [0.05, 0.1) is 6.10 Å². The molecule has 6 heteroatoms. The van der Waals surface area contributed by atoms with Crippen molar-refractivity contribution in [1.29, 1.82) is 0 Å². The van der Waals surface area contributed by atoms with Gasteiger partial charge in [-0.2, -0.15) is 0 Å². The maximum Gasteiger partial charge on any atom is 0.314 e. The van der Waals surface area contributed by atoms with Crippen molar-refractivity contribution >= 4 is 12.0 Å². The van der Waals surface area contributed by atoms with E-state index in [1.54, 1.807) is 0 Å². The highest BCUT2D eigenvalue weighted by atomic mass is 16.5. The van der Waals surface area contributed by atoms with Crippen LogP contribution in [0.1, 0.15) is 33.1 Å². The van der Waals surface area contributed by atoms with Crippen molar-refractivity contribution in [2.24, 2.45) is 0 Å². The highest BCUT2D eigenvalue weighted by Gasteiger charge is 2.00. The molecular weight excluding hydrogens is 224 g/mol. The molecule has 2 amide bonds. The van der Waals surface area contributed by atoms with Gasteiger partial charge in [0.1, 0.15) is 0 Å². The molecule has 0 aromatic rings. The van der Waals surface area contributed by atoms with E-state index in [4.69, 9.17) is 9.84 Å². The molecule has 6 nitrogen and oxygen atoms in total. The average Bonchev–Trinajstić information content (AvgIpc) is 2.23. The Hall–Kier alpha value is -1.30. The van der Waals surface area contributed by atoms with Gasteiger partial charge in [0.25, 0.3) is 0 Å². The number of rotatable bonds is 9. The lowest BCUT2D eigenvalue weighted by Crippen LogP contribution is -2.37. The minimum Gasteiger partial charge on any atom is -0.481 e. The summed E-state index contributed by atoms with van der Waals surface area (Å²) < 4.78 is 5.31. The molecule has 0 saturated heterocycles. The van der Waals surface area contributed by atoms with Crippen LogP contribution >= 0.6 is 0 Å². The van der Waals surface area contributed by atoms with Crippen LogP contribution in [0.3, 0.4) is 0 Å². The second-order valence-electron chi connectivity index (χ2n) is 3.95. The third-order valence-electron chi connectivity index (χ3n) is 1.91. The van der Waals surface area contributed by atoms with E-state index in [2.05, 4.69) is 10.6 Å². The van der Waals surface area contributed by atoms with Gasteiger partial charge in [-0.3, -0.25) is 4.79 Å². The predicted octanol–water partition coefficient (Wildman–Crippen LogP) is 0.965. The molecule has 0 aliphatic heterocycles. The minimum absolute atomic E-state index is 0.0719. The average molecular weight is 246 g/mol. The zero-order chi connectivity index (χ0) is 13.1. The summed E-state index contributed by atoms with van der Waals surface area (Å²) in [6.07, 6.45) is 1.49. The van der Waals surface area contributed by atoms with E-state index in [0.29, 0.717) is 26.1 Å². The monoisotopic (exact) mass is 246 g/mol. The van der Waals surface area contributed by atoms with Crippen LogP contribution < -0.4 is 10.6 Å². The Morgan fingerprint density at radius 2 is 1.76 bits per heavy atom. The highest BCUT2D eigenvalue weighted by Crippen LogP contribution is 1.89. The second kappa shape index (κ2) is 9.89. The number of aliphatic carboxylic acids is 1. The minimum atomic E-state index is -0.849. The first-order valence-corrected chi connectivity index (χ1v) is 5.87. The van der Waals surface area contributed by atoms with Gasteiger partial charge in [0.2, 0.25) is 0 Å². The number of hydrogen-bond donors (Lipinski definition) is 3. The quantitative estimate of drug-likeness (QED) is 0.529. The van der Waals surface area contributed by atoms with Crippen LogP contribution in [0.5, 0.6) is 0 Å². The fraction of sp³-hybridized carbons (Fsp3) is 0.818. The number of urea groups is 1. The Morgan fingerprint density at radius 1 is 1.18 bits per heavy atom. The molecule has 3 N–H and O–H groups in total. The first-order chi connectivity index (χ1) is 8.02. The molecule has 0 aliphatic rings. The SMILES string of the molecule is CC(C)OCCCNC(=O)NCCCC(=O)O. The summed E-state index contributed by atoms with van der Waals surface area (Å²) in [5.41, 5.74) is 0. The number of nitrogens with one attached hydrogen (secondary N) is 2. The molecule has 0 aromatic heterocycles. The molecule has 17 heavy (non-hydrogen) atoms. The largest absolute Gasteiger partial charge is 0.481 e. The van der Waals surface area contributed by atoms with Gasteiger partial charge in [-0.25, -0.2) is 4.79 Å². The Labute approximate surface area is 102 Å².